The van der Waals surface area contributed by atoms with Crippen LogP contribution in [-0.2, 0) is 22.6 Å². The molecule has 5 aliphatic carbocycles. The van der Waals surface area contributed by atoms with Crippen LogP contribution in [0.4, 0.5) is 5.69 Å². The predicted molar refractivity (Wildman–Crippen MR) is 154 cm³/mol. The molecule has 1 spiro atoms. The monoisotopic (exact) mass is 580 g/mol. The Morgan fingerprint density at radius 1 is 1.12 bits per heavy atom. The van der Waals surface area contributed by atoms with Crippen LogP contribution < -0.4 is 16.0 Å². The van der Waals surface area contributed by atoms with Crippen molar-refractivity contribution in [1.29, 1.82) is 0 Å². The Hall–Kier alpha value is -3.41. The van der Waals surface area contributed by atoms with E-state index in [1.807, 2.05) is 25.1 Å². The molecule has 0 saturated heterocycles. The number of phenols is 1. The zero-order valence-corrected chi connectivity index (χ0v) is 24.5. The Morgan fingerprint density at radius 2 is 1.79 bits per heavy atom. The standard InChI is InChI=1S/C31H40N4O7/c1-34(2)19-10-15(13-33-16-11-30(12-16)6-5-7-30)24(36)21-17(19)8-14-9-18-23(35(3)4)26(38)22(29(32)41)28(40)31(18,42)27(39)20(14)25(21)37/h10,14,16,18,23,33,36,38-39,42H,5-9,11-13H2,1-4H3,(H2,32,41)/t14-,18-,23-,31-/m0/s1. The van der Waals surface area contributed by atoms with Gasteiger partial charge in [-0.15, -0.1) is 0 Å². The van der Waals surface area contributed by atoms with Gasteiger partial charge in [-0.25, -0.2) is 0 Å². The maximum absolute atomic E-state index is 14.2. The molecule has 0 unspecified atom stereocenters. The maximum atomic E-state index is 14.2. The molecule has 1 aromatic rings. The van der Waals surface area contributed by atoms with Crippen molar-refractivity contribution < 1.29 is 34.8 Å². The molecule has 1 aromatic carbocycles. The normalized spacial score (nSPS) is 30.1. The van der Waals surface area contributed by atoms with Crippen LogP contribution in [0.5, 0.6) is 5.75 Å². The second-order valence-corrected chi connectivity index (χ2v) is 13.5. The highest BCUT2D eigenvalue weighted by Crippen LogP contribution is 2.56. The first kappa shape index (κ1) is 28.7. The number of ketones is 2. The fourth-order valence-electron chi connectivity index (χ4n) is 8.36. The van der Waals surface area contributed by atoms with E-state index in [9.17, 15) is 34.8 Å². The fourth-order valence-corrected chi connectivity index (χ4v) is 8.36. The third-order valence-electron chi connectivity index (χ3n) is 10.6. The first-order valence-corrected chi connectivity index (χ1v) is 14.6. The van der Waals surface area contributed by atoms with Gasteiger partial charge in [-0.2, -0.15) is 0 Å². The zero-order valence-electron chi connectivity index (χ0n) is 24.5. The fraction of sp³-hybridized carbons (Fsp3) is 0.581. The highest BCUT2D eigenvalue weighted by molar-refractivity contribution is 6.25. The third kappa shape index (κ3) is 3.86. The lowest BCUT2D eigenvalue weighted by Crippen LogP contribution is -2.63. The molecule has 0 heterocycles. The summed E-state index contributed by atoms with van der Waals surface area (Å²) in [7, 11) is 6.94. The number of carbonyl (C=O) groups is 3. The van der Waals surface area contributed by atoms with Crippen molar-refractivity contribution in [1.82, 2.24) is 10.2 Å². The Kier molecular flexibility index (Phi) is 6.53. The summed E-state index contributed by atoms with van der Waals surface area (Å²) in [6.07, 6.45) is 6.38. The van der Waals surface area contributed by atoms with Crippen LogP contribution >= 0.6 is 0 Å². The summed E-state index contributed by atoms with van der Waals surface area (Å²) in [6.45, 7) is 0.365. The number of amides is 1. The summed E-state index contributed by atoms with van der Waals surface area (Å²) >= 11 is 0. The van der Waals surface area contributed by atoms with Gasteiger partial charge in [-0.05, 0) is 75.6 Å². The minimum atomic E-state index is -2.65. The van der Waals surface area contributed by atoms with E-state index in [2.05, 4.69) is 5.32 Å². The number of nitrogens with zero attached hydrogens (tertiary/aromatic N) is 2. The molecule has 5 aliphatic rings. The van der Waals surface area contributed by atoms with E-state index >= 15 is 0 Å². The summed E-state index contributed by atoms with van der Waals surface area (Å²) in [4.78, 5) is 43.3. The van der Waals surface area contributed by atoms with Crippen LogP contribution in [0, 0.1) is 17.3 Å². The molecule has 6 rings (SSSR count). The Labute approximate surface area is 244 Å². The van der Waals surface area contributed by atoms with Gasteiger partial charge in [-0.3, -0.25) is 19.3 Å². The predicted octanol–water partition coefficient (Wildman–Crippen LogP) is 1.61. The summed E-state index contributed by atoms with van der Waals surface area (Å²) in [5, 5.41) is 49.3. The Bertz CT molecular complexity index is 1470. The number of phenolic OH excluding ortho intramolecular Hbond substituents is 1. The smallest absolute Gasteiger partial charge is 0.255 e. The summed E-state index contributed by atoms with van der Waals surface area (Å²) in [5.41, 5.74) is 4.28. The van der Waals surface area contributed by atoms with Crippen molar-refractivity contribution in [2.75, 3.05) is 33.1 Å². The average Bonchev–Trinajstić information content (AvgIpc) is 2.84. The van der Waals surface area contributed by atoms with Gasteiger partial charge in [-0.1, -0.05) is 6.42 Å². The van der Waals surface area contributed by atoms with Crippen LogP contribution in [0.2, 0.25) is 0 Å². The number of likely N-dealkylation sites (N-methyl/N-ethyl adjacent to an activating group) is 1. The van der Waals surface area contributed by atoms with Gasteiger partial charge >= 0.3 is 0 Å². The van der Waals surface area contributed by atoms with E-state index in [0.29, 0.717) is 29.1 Å². The van der Waals surface area contributed by atoms with Gasteiger partial charge in [0.2, 0.25) is 5.78 Å². The zero-order chi connectivity index (χ0) is 30.5. The summed E-state index contributed by atoms with van der Waals surface area (Å²) in [5.74, 6) is -6.41. The third-order valence-corrected chi connectivity index (χ3v) is 10.6. The molecule has 1 amide bonds. The summed E-state index contributed by atoms with van der Waals surface area (Å²) in [6, 6.07) is 1.22. The number of hydrogen-bond acceptors (Lipinski definition) is 10. The van der Waals surface area contributed by atoms with Crippen molar-refractivity contribution >= 4 is 23.2 Å². The number of rotatable bonds is 6. The lowest BCUT2D eigenvalue weighted by molar-refractivity contribution is -0.148. The second-order valence-electron chi connectivity index (χ2n) is 13.5. The summed E-state index contributed by atoms with van der Waals surface area (Å²) < 4.78 is 0. The van der Waals surface area contributed by atoms with Crippen molar-refractivity contribution in [3.8, 4) is 5.75 Å². The number of primary amides is 1. The van der Waals surface area contributed by atoms with Gasteiger partial charge in [0.1, 0.15) is 22.8 Å². The first-order chi connectivity index (χ1) is 19.7. The van der Waals surface area contributed by atoms with E-state index in [1.54, 1.807) is 19.0 Å². The molecule has 11 heteroatoms. The molecule has 2 fully saturated rings. The number of Topliss-reactive ketones (excluding diaryl/α,β-unsaturated/α-hetero) is 2. The van der Waals surface area contributed by atoms with Gasteiger partial charge in [0, 0.05) is 49.4 Å². The van der Waals surface area contributed by atoms with Gasteiger partial charge in [0.05, 0.1) is 11.6 Å². The minimum Gasteiger partial charge on any atom is -0.510 e. The number of aliphatic hydroxyl groups is 3. The van der Waals surface area contributed by atoms with E-state index < -0.39 is 58.0 Å². The molecular formula is C31H40N4O7. The molecular weight excluding hydrogens is 540 g/mol. The number of nitrogens with two attached hydrogens (primary N) is 1. The topological polar surface area (TPSA) is 177 Å². The molecule has 0 aliphatic heterocycles. The SMILES string of the molecule is CN(C)c1cc(CNC2CC3(CCC3)C2)c(O)c2c1C[C@H]1C[C@H]3[C@H](N(C)C)C(O)=C(C(N)=O)C(=O)[C@@]3(O)C(O)=C1C2=O. The number of aliphatic hydroxyl groups excluding tert-OH is 2. The molecule has 0 bridgehead atoms. The molecule has 226 valence electrons. The molecule has 42 heavy (non-hydrogen) atoms. The lowest BCUT2D eigenvalue weighted by Gasteiger charge is -2.54. The van der Waals surface area contributed by atoms with E-state index in [-0.39, 0.29) is 29.7 Å². The van der Waals surface area contributed by atoms with Crippen LogP contribution in [0.1, 0.15) is 60.0 Å². The molecule has 2 saturated carbocycles. The van der Waals surface area contributed by atoms with Crippen molar-refractivity contribution in [2.45, 2.75) is 69.2 Å². The van der Waals surface area contributed by atoms with Gasteiger partial charge in [0.15, 0.2) is 11.4 Å². The van der Waals surface area contributed by atoms with Gasteiger partial charge in [0.25, 0.3) is 5.91 Å². The number of carbonyl (C=O) groups excluding carboxylic acids is 3. The van der Waals surface area contributed by atoms with E-state index in [0.717, 1.165) is 18.5 Å². The number of allylic oxidation sites excluding steroid dienone is 1. The largest absolute Gasteiger partial charge is 0.510 e. The minimum absolute atomic E-state index is 0.0443. The highest BCUT2D eigenvalue weighted by atomic mass is 16.3. The molecule has 4 atom stereocenters. The number of anilines is 1. The van der Waals surface area contributed by atoms with Gasteiger partial charge < -0.3 is 36.4 Å². The number of hydrogen-bond donors (Lipinski definition) is 6. The quantitative estimate of drug-likeness (QED) is 0.271. The molecule has 7 N–H and O–H groups in total. The van der Waals surface area contributed by atoms with Crippen molar-refractivity contribution in [3.05, 3.63) is 45.4 Å². The number of aromatic hydroxyl groups is 1. The van der Waals surface area contributed by atoms with Crippen molar-refractivity contribution in [3.63, 3.8) is 0 Å². The van der Waals surface area contributed by atoms with Crippen LogP contribution in [0.25, 0.3) is 0 Å². The molecule has 11 nitrogen and oxygen atoms in total. The van der Waals surface area contributed by atoms with Crippen LogP contribution in [0.3, 0.4) is 0 Å². The highest BCUT2D eigenvalue weighted by Gasteiger charge is 2.63. The number of benzene rings is 1. The number of fused-ring (bicyclic) bond motifs is 3. The van der Waals surface area contributed by atoms with E-state index in [1.165, 1.54) is 19.3 Å². The Balaban J connectivity index is 1.42. The number of nitrogens with one attached hydrogen (secondary N) is 1. The maximum Gasteiger partial charge on any atom is 0.255 e. The van der Waals surface area contributed by atoms with E-state index in [4.69, 9.17) is 5.73 Å². The Morgan fingerprint density at radius 3 is 2.33 bits per heavy atom. The van der Waals surface area contributed by atoms with Crippen LogP contribution in [0.15, 0.2) is 28.7 Å². The molecule has 0 aromatic heterocycles. The first-order valence-electron chi connectivity index (χ1n) is 14.6. The molecule has 0 radical (unpaired) electrons. The average molecular weight is 581 g/mol. The van der Waals surface area contributed by atoms with Crippen molar-refractivity contribution in [2.24, 2.45) is 23.0 Å². The second kappa shape index (κ2) is 9.55. The lowest BCUT2D eigenvalue weighted by atomic mass is 9.54. The van der Waals surface area contributed by atoms with Crippen LogP contribution in [-0.4, -0.2) is 88.7 Å².